The highest BCUT2D eigenvalue weighted by atomic mass is 15.2. The first-order valence-electron chi connectivity index (χ1n) is 1.87. The van der Waals surface area contributed by atoms with Gasteiger partial charge in [0.25, 0.3) is 0 Å². The standard InChI is InChI=1S/C4H7N2/c1-6-3-2-5-4-6/h2-5H,1H3. The molecule has 0 saturated heterocycles. The predicted molar refractivity (Wildman–Crippen MR) is 24.3 cm³/mol. The van der Waals surface area contributed by atoms with Crippen LogP contribution in [0, 0.1) is 6.67 Å². The summed E-state index contributed by atoms with van der Waals surface area (Å²) < 4.78 is 0. The van der Waals surface area contributed by atoms with Gasteiger partial charge in [-0.05, 0) is 0 Å². The third kappa shape index (κ3) is 0.455. The summed E-state index contributed by atoms with van der Waals surface area (Å²) in [6.45, 7) is 1.88. The van der Waals surface area contributed by atoms with E-state index in [9.17, 15) is 0 Å². The molecule has 0 spiro atoms. The van der Waals surface area contributed by atoms with Crippen LogP contribution in [-0.2, 0) is 0 Å². The van der Waals surface area contributed by atoms with E-state index < -0.39 is 0 Å². The van der Waals surface area contributed by atoms with Gasteiger partial charge >= 0.3 is 0 Å². The molecule has 1 rings (SSSR count). The Kier molecular flexibility index (Phi) is 0.708. The van der Waals surface area contributed by atoms with Gasteiger partial charge in [0.2, 0.25) is 0 Å². The maximum absolute atomic E-state index is 2.89. The summed E-state index contributed by atoms with van der Waals surface area (Å²) in [5, 5.41) is 2.89. The molecule has 1 heterocycles. The molecule has 0 aromatic carbocycles. The summed E-state index contributed by atoms with van der Waals surface area (Å²) in [5.41, 5.74) is 0. The van der Waals surface area contributed by atoms with Gasteiger partial charge in [-0.3, -0.25) is 0 Å². The Morgan fingerprint density at radius 2 is 2.50 bits per heavy atom. The van der Waals surface area contributed by atoms with E-state index in [1.165, 1.54) is 0 Å². The van der Waals surface area contributed by atoms with Crippen LogP contribution in [0.3, 0.4) is 0 Å². The van der Waals surface area contributed by atoms with Gasteiger partial charge in [-0.2, -0.15) is 0 Å². The molecule has 1 radical (unpaired) electrons. The molecule has 0 aromatic heterocycles. The van der Waals surface area contributed by atoms with Crippen LogP contribution in [0.1, 0.15) is 0 Å². The molecule has 1 aliphatic rings. The minimum absolute atomic E-state index is 1.88. The maximum atomic E-state index is 2.89. The van der Waals surface area contributed by atoms with Crippen molar-refractivity contribution in [3.8, 4) is 0 Å². The topological polar surface area (TPSA) is 15.3 Å². The molecule has 0 unspecified atom stereocenters. The molecule has 0 saturated carbocycles. The Hall–Kier alpha value is -0.660. The van der Waals surface area contributed by atoms with E-state index in [0.717, 1.165) is 0 Å². The van der Waals surface area contributed by atoms with Gasteiger partial charge in [0.1, 0.15) is 6.67 Å². The first-order chi connectivity index (χ1) is 2.89. The summed E-state index contributed by atoms with van der Waals surface area (Å²) in [6, 6.07) is 0. The van der Waals surface area contributed by atoms with Crippen molar-refractivity contribution in [3.05, 3.63) is 19.1 Å². The summed E-state index contributed by atoms with van der Waals surface area (Å²) in [7, 11) is 1.97. The van der Waals surface area contributed by atoms with E-state index in [-0.39, 0.29) is 0 Å². The summed E-state index contributed by atoms with van der Waals surface area (Å²) in [5.74, 6) is 0. The fourth-order valence-corrected chi connectivity index (χ4v) is 0.364. The number of hydrogen-bond acceptors (Lipinski definition) is 2. The van der Waals surface area contributed by atoms with Crippen LogP contribution in [0.25, 0.3) is 0 Å². The fourth-order valence-electron chi connectivity index (χ4n) is 0.364. The van der Waals surface area contributed by atoms with Crippen molar-refractivity contribution in [3.63, 3.8) is 0 Å². The van der Waals surface area contributed by atoms with E-state index in [1.807, 2.05) is 31.0 Å². The van der Waals surface area contributed by atoms with Gasteiger partial charge in [0.05, 0.1) is 0 Å². The third-order valence-corrected chi connectivity index (χ3v) is 0.684. The Morgan fingerprint density at radius 1 is 1.67 bits per heavy atom. The van der Waals surface area contributed by atoms with Crippen molar-refractivity contribution >= 4 is 0 Å². The molecule has 0 aliphatic carbocycles. The lowest BCUT2D eigenvalue weighted by Crippen LogP contribution is -2.06. The zero-order valence-electron chi connectivity index (χ0n) is 3.68. The highest BCUT2D eigenvalue weighted by Crippen LogP contribution is 1.90. The van der Waals surface area contributed by atoms with Crippen molar-refractivity contribution < 1.29 is 0 Å². The van der Waals surface area contributed by atoms with Crippen LogP contribution in [-0.4, -0.2) is 11.9 Å². The number of nitrogens with one attached hydrogen (secondary N) is 1. The van der Waals surface area contributed by atoms with Gasteiger partial charge in [-0.25, -0.2) is 0 Å². The van der Waals surface area contributed by atoms with Crippen LogP contribution >= 0.6 is 0 Å². The molecular formula is C4H7N2. The van der Waals surface area contributed by atoms with Crippen LogP contribution in [0.5, 0.6) is 0 Å². The normalized spacial score (nSPS) is 18.5. The van der Waals surface area contributed by atoms with E-state index in [2.05, 4.69) is 5.32 Å². The third-order valence-electron chi connectivity index (χ3n) is 0.684. The number of hydrogen-bond donors (Lipinski definition) is 1. The average Bonchev–Trinajstić information content (AvgIpc) is 1.86. The van der Waals surface area contributed by atoms with E-state index >= 15 is 0 Å². The van der Waals surface area contributed by atoms with Gasteiger partial charge in [-0.15, -0.1) is 0 Å². The second kappa shape index (κ2) is 1.20. The monoisotopic (exact) mass is 83.1 g/mol. The summed E-state index contributed by atoms with van der Waals surface area (Å²) in [4.78, 5) is 1.94. The Balaban J connectivity index is 2.38. The average molecular weight is 83.1 g/mol. The molecule has 0 amide bonds. The fraction of sp³-hybridized carbons (Fsp3) is 0.250. The lowest BCUT2D eigenvalue weighted by molar-refractivity contribution is 0.559. The second-order valence-corrected chi connectivity index (χ2v) is 1.28. The molecule has 1 aliphatic heterocycles. The lowest BCUT2D eigenvalue weighted by Gasteiger charge is -2.00. The molecule has 0 fully saturated rings. The Bertz CT molecular complexity index is 67.9. The summed E-state index contributed by atoms with van der Waals surface area (Å²) >= 11 is 0. The van der Waals surface area contributed by atoms with E-state index in [4.69, 9.17) is 0 Å². The molecule has 0 atom stereocenters. The molecule has 0 bridgehead atoms. The zero-order chi connectivity index (χ0) is 4.41. The largest absolute Gasteiger partial charge is 0.367 e. The predicted octanol–water partition coefficient (Wildman–Crippen LogP) is 0.112. The van der Waals surface area contributed by atoms with Crippen molar-refractivity contribution in [1.29, 1.82) is 0 Å². The SMILES string of the molecule is CN1[CH]NC=C1. The van der Waals surface area contributed by atoms with E-state index in [1.54, 1.807) is 0 Å². The highest BCUT2D eigenvalue weighted by molar-refractivity contribution is 4.91. The first kappa shape index (κ1) is 3.53. The maximum Gasteiger partial charge on any atom is 0.138 e. The van der Waals surface area contributed by atoms with Crippen molar-refractivity contribution in [1.82, 2.24) is 10.2 Å². The molecular weight excluding hydrogens is 76.1 g/mol. The van der Waals surface area contributed by atoms with Crippen LogP contribution in [0.2, 0.25) is 0 Å². The Morgan fingerprint density at radius 3 is 2.67 bits per heavy atom. The summed E-state index contributed by atoms with van der Waals surface area (Å²) in [6.07, 6.45) is 3.82. The molecule has 6 heavy (non-hydrogen) atoms. The molecule has 2 heteroatoms. The van der Waals surface area contributed by atoms with Gasteiger partial charge < -0.3 is 10.2 Å². The minimum atomic E-state index is 1.88. The van der Waals surface area contributed by atoms with Crippen LogP contribution in [0.4, 0.5) is 0 Å². The second-order valence-electron chi connectivity index (χ2n) is 1.28. The lowest BCUT2D eigenvalue weighted by atomic mass is 10.9. The quantitative estimate of drug-likeness (QED) is 0.447. The number of nitrogens with zero attached hydrogens (tertiary/aromatic N) is 1. The molecule has 33 valence electrons. The van der Waals surface area contributed by atoms with Crippen molar-refractivity contribution in [2.75, 3.05) is 7.05 Å². The van der Waals surface area contributed by atoms with Crippen LogP contribution in [0.15, 0.2) is 12.4 Å². The smallest absolute Gasteiger partial charge is 0.138 e. The molecule has 1 N–H and O–H groups in total. The van der Waals surface area contributed by atoms with Gasteiger partial charge in [0, 0.05) is 19.4 Å². The Labute approximate surface area is 37.4 Å². The van der Waals surface area contributed by atoms with Crippen LogP contribution < -0.4 is 5.32 Å². The van der Waals surface area contributed by atoms with Crippen molar-refractivity contribution in [2.45, 2.75) is 0 Å². The van der Waals surface area contributed by atoms with Gasteiger partial charge in [0.15, 0.2) is 0 Å². The zero-order valence-corrected chi connectivity index (χ0v) is 3.68. The first-order valence-corrected chi connectivity index (χ1v) is 1.87. The highest BCUT2D eigenvalue weighted by Gasteiger charge is 1.92. The minimum Gasteiger partial charge on any atom is -0.367 e. The number of rotatable bonds is 0. The van der Waals surface area contributed by atoms with Crippen molar-refractivity contribution in [2.24, 2.45) is 0 Å². The van der Waals surface area contributed by atoms with E-state index in [0.29, 0.717) is 0 Å². The van der Waals surface area contributed by atoms with Gasteiger partial charge in [-0.1, -0.05) is 0 Å². The molecule has 2 nitrogen and oxygen atoms in total. The molecule has 0 aromatic rings.